The number of ether oxygens (including phenoxy) is 1. The molecule has 1 unspecified atom stereocenters. The molecule has 1 amide bonds. The molecule has 0 aromatic heterocycles. The van der Waals surface area contributed by atoms with Crippen molar-refractivity contribution in [3.05, 3.63) is 32.8 Å². The first kappa shape index (κ1) is 23.6. The molecule has 2 aliphatic heterocycles. The Morgan fingerprint density at radius 3 is 2.58 bits per heavy atom. The van der Waals surface area contributed by atoms with Crippen LogP contribution < -0.4 is 10.2 Å². The van der Waals surface area contributed by atoms with E-state index in [4.69, 9.17) is 16.3 Å². The molecular formula is C22H33ClN4O4. The van der Waals surface area contributed by atoms with Gasteiger partial charge in [0.1, 0.15) is 10.6 Å². The highest BCUT2D eigenvalue weighted by molar-refractivity contribution is 6.33. The lowest BCUT2D eigenvalue weighted by Gasteiger charge is -2.41. The third kappa shape index (κ3) is 6.01. The molecule has 1 aromatic carbocycles. The van der Waals surface area contributed by atoms with E-state index in [1.807, 2.05) is 32.6 Å². The second-order valence-corrected chi connectivity index (χ2v) is 9.95. The summed E-state index contributed by atoms with van der Waals surface area (Å²) in [6.45, 7) is 11.5. The Hall–Kier alpha value is -2.06. The topological polar surface area (TPSA) is 88.0 Å². The molecule has 1 N–H and O–H groups in total. The van der Waals surface area contributed by atoms with Crippen LogP contribution in [-0.4, -0.2) is 60.3 Å². The molecule has 0 aliphatic carbocycles. The van der Waals surface area contributed by atoms with E-state index >= 15 is 0 Å². The number of nitrogens with zero attached hydrogens (tertiary/aromatic N) is 3. The van der Waals surface area contributed by atoms with Crippen molar-refractivity contribution in [1.82, 2.24) is 10.2 Å². The minimum atomic E-state index is -0.498. The van der Waals surface area contributed by atoms with E-state index in [1.54, 1.807) is 12.1 Å². The molecule has 0 radical (unpaired) electrons. The van der Waals surface area contributed by atoms with Gasteiger partial charge >= 0.3 is 6.09 Å². The SMILES string of the molecule is Cc1cc([N+](=O)[O-])c(Cl)cc1N1CCC(CC2CNCCN2C(=O)OC(C)(C)C)CC1. The van der Waals surface area contributed by atoms with Crippen molar-refractivity contribution in [2.45, 2.75) is 58.6 Å². The highest BCUT2D eigenvalue weighted by Gasteiger charge is 2.33. The zero-order valence-corrected chi connectivity index (χ0v) is 19.6. The van der Waals surface area contributed by atoms with Gasteiger partial charge in [-0.3, -0.25) is 10.1 Å². The summed E-state index contributed by atoms with van der Waals surface area (Å²) in [5.74, 6) is 0.514. The monoisotopic (exact) mass is 452 g/mol. The predicted octanol–water partition coefficient (Wildman–Crippen LogP) is 4.37. The van der Waals surface area contributed by atoms with Gasteiger partial charge < -0.3 is 19.9 Å². The Morgan fingerprint density at radius 1 is 1.29 bits per heavy atom. The molecular weight excluding hydrogens is 420 g/mol. The van der Waals surface area contributed by atoms with Gasteiger partial charge in [0.2, 0.25) is 0 Å². The molecule has 2 saturated heterocycles. The molecule has 31 heavy (non-hydrogen) atoms. The number of amides is 1. The van der Waals surface area contributed by atoms with Crippen molar-refractivity contribution in [3.8, 4) is 0 Å². The first-order valence-electron chi connectivity index (χ1n) is 10.9. The number of piperidine rings is 1. The fourth-order valence-corrected chi connectivity index (χ4v) is 4.69. The number of halogens is 1. The smallest absolute Gasteiger partial charge is 0.410 e. The number of hydrogen-bond acceptors (Lipinski definition) is 6. The van der Waals surface area contributed by atoms with Crippen molar-refractivity contribution in [2.24, 2.45) is 5.92 Å². The summed E-state index contributed by atoms with van der Waals surface area (Å²) in [6, 6.07) is 3.40. The fraction of sp³-hybridized carbons (Fsp3) is 0.682. The summed E-state index contributed by atoms with van der Waals surface area (Å²) in [5.41, 5.74) is 1.28. The van der Waals surface area contributed by atoms with E-state index in [0.29, 0.717) is 12.5 Å². The molecule has 1 aromatic rings. The molecule has 9 heteroatoms. The first-order valence-corrected chi connectivity index (χ1v) is 11.3. The van der Waals surface area contributed by atoms with Gasteiger partial charge in [0, 0.05) is 50.5 Å². The Balaban J connectivity index is 1.60. The molecule has 0 bridgehead atoms. The summed E-state index contributed by atoms with van der Waals surface area (Å²) in [7, 11) is 0. The van der Waals surface area contributed by atoms with Crippen molar-refractivity contribution in [2.75, 3.05) is 37.6 Å². The summed E-state index contributed by atoms with van der Waals surface area (Å²) in [4.78, 5) is 27.5. The van der Waals surface area contributed by atoms with Gasteiger partial charge in [-0.25, -0.2) is 4.79 Å². The molecule has 1 atom stereocenters. The number of carbonyl (C=O) groups is 1. The van der Waals surface area contributed by atoms with Gasteiger partial charge in [-0.2, -0.15) is 0 Å². The lowest BCUT2D eigenvalue weighted by molar-refractivity contribution is -0.384. The standard InChI is InChI=1S/C22H33ClN4O4/c1-15-11-20(27(29)30)18(23)13-19(15)25-8-5-16(6-9-25)12-17-14-24-7-10-26(17)21(28)31-22(2,3)4/h11,13,16-17,24H,5-10,12,14H2,1-4H3. The minimum absolute atomic E-state index is 0.0511. The van der Waals surface area contributed by atoms with Crippen molar-refractivity contribution >= 4 is 29.1 Å². The largest absolute Gasteiger partial charge is 0.444 e. The van der Waals surface area contributed by atoms with E-state index in [-0.39, 0.29) is 22.8 Å². The number of hydrogen-bond donors (Lipinski definition) is 1. The second kappa shape index (κ2) is 9.61. The van der Waals surface area contributed by atoms with E-state index in [0.717, 1.165) is 56.7 Å². The number of nitrogens with one attached hydrogen (secondary N) is 1. The van der Waals surface area contributed by atoms with Gasteiger partial charge in [0.05, 0.1) is 4.92 Å². The van der Waals surface area contributed by atoms with E-state index in [9.17, 15) is 14.9 Å². The van der Waals surface area contributed by atoms with E-state index in [1.165, 1.54) is 0 Å². The minimum Gasteiger partial charge on any atom is -0.444 e. The number of nitro benzene ring substituents is 1. The first-order chi connectivity index (χ1) is 14.5. The number of benzene rings is 1. The number of aryl methyl sites for hydroxylation is 1. The third-order valence-corrected chi connectivity index (χ3v) is 6.30. The summed E-state index contributed by atoms with van der Waals surface area (Å²) in [5, 5.41) is 14.7. The summed E-state index contributed by atoms with van der Waals surface area (Å²) >= 11 is 6.14. The van der Waals surface area contributed by atoms with Crippen molar-refractivity contribution < 1.29 is 14.5 Å². The quantitative estimate of drug-likeness (QED) is 0.539. The van der Waals surface area contributed by atoms with Gasteiger partial charge in [-0.15, -0.1) is 0 Å². The van der Waals surface area contributed by atoms with Crippen molar-refractivity contribution in [3.63, 3.8) is 0 Å². The van der Waals surface area contributed by atoms with Crippen LogP contribution in [0.4, 0.5) is 16.2 Å². The second-order valence-electron chi connectivity index (χ2n) is 9.55. The zero-order valence-electron chi connectivity index (χ0n) is 18.8. The van der Waals surface area contributed by atoms with Crippen LogP contribution >= 0.6 is 11.6 Å². The Kier molecular flexibility index (Phi) is 7.31. The number of rotatable bonds is 4. The molecule has 2 fully saturated rings. The maximum atomic E-state index is 12.7. The van der Waals surface area contributed by atoms with Crippen LogP contribution in [-0.2, 0) is 4.74 Å². The van der Waals surface area contributed by atoms with Crippen LogP contribution in [0.3, 0.4) is 0 Å². The van der Waals surface area contributed by atoms with Crippen LogP contribution in [0.25, 0.3) is 0 Å². The third-order valence-electron chi connectivity index (χ3n) is 6.00. The molecule has 2 heterocycles. The molecule has 3 rings (SSSR count). The lowest BCUT2D eigenvalue weighted by atomic mass is 9.88. The van der Waals surface area contributed by atoms with Gasteiger partial charge in [0.25, 0.3) is 5.69 Å². The highest BCUT2D eigenvalue weighted by Crippen LogP contribution is 2.35. The number of nitro groups is 1. The normalized spacial score (nSPS) is 20.6. The summed E-state index contributed by atoms with van der Waals surface area (Å²) in [6.07, 6.45) is 2.73. The van der Waals surface area contributed by atoms with Crippen LogP contribution in [0.15, 0.2) is 12.1 Å². The average molecular weight is 453 g/mol. The maximum absolute atomic E-state index is 12.7. The van der Waals surface area contributed by atoms with Gasteiger partial charge in [-0.1, -0.05) is 11.6 Å². The van der Waals surface area contributed by atoms with Crippen LogP contribution in [0.1, 0.15) is 45.6 Å². The molecule has 0 saturated carbocycles. The van der Waals surface area contributed by atoms with Crippen LogP contribution in [0, 0.1) is 23.0 Å². The molecule has 8 nitrogen and oxygen atoms in total. The van der Waals surface area contributed by atoms with Crippen LogP contribution in [0.5, 0.6) is 0 Å². The van der Waals surface area contributed by atoms with Gasteiger partial charge in [-0.05, 0) is 64.5 Å². The zero-order chi connectivity index (χ0) is 22.8. The summed E-state index contributed by atoms with van der Waals surface area (Å²) < 4.78 is 5.61. The lowest BCUT2D eigenvalue weighted by Crippen LogP contribution is -2.55. The Labute approximate surface area is 189 Å². The average Bonchev–Trinajstić information content (AvgIpc) is 2.69. The van der Waals surface area contributed by atoms with E-state index in [2.05, 4.69) is 10.2 Å². The Bertz CT molecular complexity index is 818. The molecule has 172 valence electrons. The van der Waals surface area contributed by atoms with Gasteiger partial charge in [0.15, 0.2) is 0 Å². The maximum Gasteiger partial charge on any atom is 0.410 e. The fourth-order valence-electron chi connectivity index (χ4n) is 4.46. The molecule has 2 aliphatic rings. The van der Waals surface area contributed by atoms with Crippen LogP contribution in [0.2, 0.25) is 5.02 Å². The van der Waals surface area contributed by atoms with Crippen molar-refractivity contribution in [1.29, 1.82) is 0 Å². The Morgan fingerprint density at radius 2 is 1.97 bits per heavy atom. The van der Waals surface area contributed by atoms with E-state index < -0.39 is 10.5 Å². The highest BCUT2D eigenvalue weighted by atomic mass is 35.5. The number of piperazine rings is 1. The molecule has 0 spiro atoms. The predicted molar refractivity (Wildman–Crippen MR) is 122 cm³/mol. The number of anilines is 1. The number of carbonyl (C=O) groups excluding carboxylic acids is 1.